The molecule has 0 aliphatic rings. The van der Waals surface area contributed by atoms with E-state index in [2.05, 4.69) is 0 Å². The fourth-order valence-electron chi connectivity index (χ4n) is 0.725. The Balaban J connectivity index is 3.41. The van der Waals surface area contributed by atoms with Crippen LogP contribution in [0.5, 0.6) is 0 Å². The van der Waals surface area contributed by atoms with Crippen molar-refractivity contribution >= 4 is 11.8 Å². The maximum absolute atomic E-state index is 12.3. The predicted molar refractivity (Wildman–Crippen MR) is 47.8 cm³/mol. The maximum atomic E-state index is 12.3. The number of thioether (sulfide) groups is 1. The second-order valence-corrected chi connectivity index (χ2v) is 3.93. The Kier molecular flexibility index (Phi) is 6.55. The van der Waals surface area contributed by atoms with Gasteiger partial charge in [0.1, 0.15) is 0 Å². The molecule has 0 aliphatic heterocycles. The first-order valence-corrected chi connectivity index (χ1v) is 5.40. The summed E-state index contributed by atoms with van der Waals surface area (Å²) in [4.78, 5) is 0. The highest BCUT2D eigenvalue weighted by atomic mass is 32.2. The molecule has 0 aromatic heterocycles. The van der Waals surface area contributed by atoms with Crippen molar-refractivity contribution in [3.8, 4) is 0 Å². The summed E-state index contributed by atoms with van der Waals surface area (Å²) < 4.78 is 47.8. The van der Waals surface area contributed by atoms with Crippen LogP contribution < -0.4 is 0 Å². The second kappa shape index (κ2) is 6.51. The smallest absolute Gasteiger partial charge is 0.204 e. The lowest BCUT2D eigenvalue weighted by Gasteiger charge is -2.13. The Morgan fingerprint density at radius 3 is 2.31 bits per heavy atom. The van der Waals surface area contributed by atoms with Gasteiger partial charge in [0, 0.05) is 0 Å². The fraction of sp³-hybridized carbons (Fsp3) is 1.00. The van der Waals surface area contributed by atoms with Crippen LogP contribution in [0.1, 0.15) is 26.2 Å². The third kappa shape index (κ3) is 6.18. The standard InChI is InChI=1S/C8H14F4S/c1-2-3-4-5-13-6-8(11,12)7(9)10/h7H,2-6H2,1H3. The monoisotopic (exact) mass is 218 g/mol. The highest BCUT2D eigenvalue weighted by Gasteiger charge is 2.40. The van der Waals surface area contributed by atoms with E-state index in [9.17, 15) is 17.6 Å². The molecular weight excluding hydrogens is 204 g/mol. The van der Waals surface area contributed by atoms with E-state index >= 15 is 0 Å². The third-order valence-electron chi connectivity index (χ3n) is 1.51. The highest BCUT2D eigenvalue weighted by Crippen LogP contribution is 2.27. The van der Waals surface area contributed by atoms with Crippen LogP contribution in [-0.2, 0) is 0 Å². The highest BCUT2D eigenvalue weighted by molar-refractivity contribution is 7.99. The Morgan fingerprint density at radius 1 is 1.23 bits per heavy atom. The lowest BCUT2D eigenvalue weighted by atomic mass is 10.3. The van der Waals surface area contributed by atoms with Gasteiger partial charge in [-0.05, 0) is 12.2 Å². The normalized spacial score (nSPS) is 12.5. The summed E-state index contributed by atoms with van der Waals surface area (Å²) in [6.45, 7) is 2.00. The van der Waals surface area contributed by atoms with E-state index < -0.39 is 18.1 Å². The van der Waals surface area contributed by atoms with Crippen molar-refractivity contribution in [3.05, 3.63) is 0 Å². The first kappa shape index (κ1) is 13.1. The van der Waals surface area contributed by atoms with Crippen molar-refractivity contribution < 1.29 is 17.6 Å². The van der Waals surface area contributed by atoms with Crippen LogP contribution in [0.15, 0.2) is 0 Å². The van der Waals surface area contributed by atoms with Gasteiger partial charge in [-0.2, -0.15) is 20.5 Å². The van der Waals surface area contributed by atoms with Gasteiger partial charge < -0.3 is 0 Å². The van der Waals surface area contributed by atoms with Crippen LogP contribution in [0.4, 0.5) is 17.6 Å². The van der Waals surface area contributed by atoms with Crippen LogP contribution >= 0.6 is 11.8 Å². The van der Waals surface area contributed by atoms with Gasteiger partial charge in [0.15, 0.2) is 0 Å². The van der Waals surface area contributed by atoms with Gasteiger partial charge in [-0.3, -0.25) is 0 Å². The molecule has 0 unspecified atom stereocenters. The van der Waals surface area contributed by atoms with Gasteiger partial charge in [-0.1, -0.05) is 19.8 Å². The van der Waals surface area contributed by atoms with Crippen LogP contribution in [0.25, 0.3) is 0 Å². The van der Waals surface area contributed by atoms with E-state index in [-0.39, 0.29) is 0 Å². The van der Waals surface area contributed by atoms with Gasteiger partial charge in [-0.15, -0.1) is 0 Å². The molecule has 0 bridgehead atoms. The molecule has 0 aromatic carbocycles. The van der Waals surface area contributed by atoms with E-state index in [1.54, 1.807) is 0 Å². The molecule has 0 heterocycles. The topological polar surface area (TPSA) is 0 Å². The minimum absolute atomic E-state index is 0.538. The quantitative estimate of drug-likeness (QED) is 0.462. The molecular formula is C8H14F4S. The molecule has 0 nitrogen and oxygen atoms in total. The molecule has 0 saturated carbocycles. The number of hydrogen-bond acceptors (Lipinski definition) is 1. The Morgan fingerprint density at radius 2 is 1.85 bits per heavy atom. The molecule has 0 N–H and O–H groups in total. The maximum Gasteiger partial charge on any atom is 0.316 e. The molecule has 0 rings (SSSR count). The largest absolute Gasteiger partial charge is 0.316 e. The van der Waals surface area contributed by atoms with E-state index in [0.717, 1.165) is 31.0 Å². The average molecular weight is 218 g/mol. The minimum atomic E-state index is -3.82. The summed E-state index contributed by atoms with van der Waals surface area (Å²) in [6.07, 6.45) is -0.745. The lowest BCUT2D eigenvalue weighted by molar-refractivity contribution is -0.109. The summed E-state index contributed by atoms with van der Waals surface area (Å²) in [5.74, 6) is -4.05. The first-order chi connectivity index (χ1) is 6.00. The van der Waals surface area contributed by atoms with Gasteiger partial charge in [0.25, 0.3) is 0 Å². The summed E-state index contributed by atoms with van der Waals surface area (Å²) in [5.41, 5.74) is 0. The number of unbranched alkanes of at least 4 members (excludes halogenated alkanes) is 2. The summed E-state index contributed by atoms with van der Waals surface area (Å²) in [5, 5.41) is 0. The minimum Gasteiger partial charge on any atom is -0.204 e. The zero-order valence-electron chi connectivity index (χ0n) is 7.53. The zero-order chi connectivity index (χ0) is 10.3. The molecule has 0 spiro atoms. The van der Waals surface area contributed by atoms with Crippen molar-refractivity contribution in [2.75, 3.05) is 11.5 Å². The molecule has 0 radical (unpaired) electrons. The SMILES string of the molecule is CCCCCSCC(F)(F)C(F)F. The molecule has 0 aromatic rings. The Hall–Kier alpha value is 0.0700. The van der Waals surface area contributed by atoms with Crippen molar-refractivity contribution in [3.63, 3.8) is 0 Å². The zero-order valence-corrected chi connectivity index (χ0v) is 8.35. The summed E-state index contributed by atoms with van der Waals surface area (Å²) in [6, 6.07) is 0. The van der Waals surface area contributed by atoms with Gasteiger partial charge in [-0.25, -0.2) is 8.78 Å². The molecule has 0 saturated heterocycles. The molecule has 0 fully saturated rings. The van der Waals surface area contributed by atoms with Crippen molar-refractivity contribution in [2.24, 2.45) is 0 Å². The van der Waals surface area contributed by atoms with Crippen molar-refractivity contribution in [2.45, 2.75) is 38.5 Å². The number of hydrogen-bond donors (Lipinski definition) is 0. The Bertz CT molecular complexity index is 127. The van der Waals surface area contributed by atoms with Gasteiger partial charge >= 0.3 is 12.3 Å². The average Bonchev–Trinajstić information content (AvgIpc) is 2.03. The molecule has 5 heteroatoms. The van der Waals surface area contributed by atoms with E-state index in [4.69, 9.17) is 0 Å². The molecule has 0 atom stereocenters. The number of halogens is 4. The number of alkyl halides is 4. The van der Waals surface area contributed by atoms with Gasteiger partial charge in [0.05, 0.1) is 5.75 Å². The third-order valence-corrected chi connectivity index (χ3v) is 2.67. The summed E-state index contributed by atoms with van der Waals surface area (Å²) in [7, 11) is 0. The molecule has 13 heavy (non-hydrogen) atoms. The van der Waals surface area contributed by atoms with Crippen LogP contribution in [0.2, 0.25) is 0 Å². The van der Waals surface area contributed by atoms with Gasteiger partial charge in [0.2, 0.25) is 0 Å². The van der Waals surface area contributed by atoms with E-state index in [0.29, 0.717) is 5.75 Å². The van der Waals surface area contributed by atoms with E-state index in [1.807, 2.05) is 6.92 Å². The molecule has 80 valence electrons. The second-order valence-electron chi connectivity index (χ2n) is 2.82. The lowest BCUT2D eigenvalue weighted by Crippen LogP contribution is -2.29. The van der Waals surface area contributed by atoms with E-state index in [1.165, 1.54) is 0 Å². The summed E-state index contributed by atoms with van der Waals surface area (Å²) >= 11 is 0.898. The fourth-order valence-corrected chi connectivity index (χ4v) is 1.68. The predicted octanol–water partition coefficient (Wildman–Crippen LogP) is 3.81. The van der Waals surface area contributed by atoms with Crippen molar-refractivity contribution in [1.29, 1.82) is 0 Å². The Labute approximate surface area is 80.1 Å². The van der Waals surface area contributed by atoms with Crippen molar-refractivity contribution in [1.82, 2.24) is 0 Å². The van der Waals surface area contributed by atoms with Crippen LogP contribution in [0, 0.1) is 0 Å². The molecule has 0 amide bonds. The first-order valence-electron chi connectivity index (χ1n) is 4.24. The number of rotatable bonds is 7. The van der Waals surface area contributed by atoms with Crippen LogP contribution in [-0.4, -0.2) is 23.9 Å². The molecule has 0 aliphatic carbocycles. The van der Waals surface area contributed by atoms with Crippen LogP contribution in [0.3, 0.4) is 0 Å².